The highest BCUT2D eigenvalue weighted by Gasteiger charge is 2.42. The molecule has 1 fully saturated rings. The van der Waals surface area contributed by atoms with E-state index in [1.807, 2.05) is 13.1 Å². The number of nitrogens with zero attached hydrogens (tertiary/aromatic N) is 2. The van der Waals surface area contributed by atoms with Crippen LogP contribution in [0.1, 0.15) is 40.2 Å². The Balaban J connectivity index is 1.95. The lowest BCUT2D eigenvalue weighted by molar-refractivity contribution is -0.143. The van der Waals surface area contributed by atoms with Gasteiger partial charge in [0.05, 0.1) is 5.69 Å². The molecule has 0 unspecified atom stereocenters. The topological polar surface area (TPSA) is 25.2 Å². The Hall–Kier alpha value is -2.57. The molecule has 1 aromatic heterocycles. The van der Waals surface area contributed by atoms with E-state index in [0.717, 1.165) is 13.1 Å². The molecule has 0 bridgehead atoms. The summed E-state index contributed by atoms with van der Waals surface area (Å²) >= 11 is 6.04. The van der Waals surface area contributed by atoms with Gasteiger partial charge in [-0.25, -0.2) is 0 Å². The van der Waals surface area contributed by atoms with Crippen molar-refractivity contribution in [2.24, 2.45) is 5.92 Å². The van der Waals surface area contributed by atoms with Crippen LogP contribution in [0, 0.1) is 12.8 Å². The summed E-state index contributed by atoms with van der Waals surface area (Å²) in [7, 11) is 1.99. The van der Waals surface area contributed by atoms with Gasteiger partial charge in [0.25, 0.3) is 0 Å². The zero-order valence-electron chi connectivity index (χ0n) is 18.6. The summed E-state index contributed by atoms with van der Waals surface area (Å²) in [6, 6.07) is 15.6. The smallest absolute Gasteiger partial charge is 0.329 e. The predicted molar refractivity (Wildman–Crippen MR) is 125 cm³/mol. The number of likely N-dealkylation sites (tertiary alicyclic amines) is 1. The Labute approximate surface area is 196 Å². The molecule has 4 rings (SSSR count). The molecule has 0 aliphatic carbocycles. The molecule has 1 aliphatic rings. The molecular weight excluding hydrogens is 449 g/mol. The minimum Gasteiger partial charge on any atom is -0.329 e. The van der Waals surface area contributed by atoms with Crippen molar-refractivity contribution in [3.8, 4) is 11.1 Å². The first-order valence-electron chi connectivity index (χ1n) is 11.0. The van der Waals surface area contributed by atoms with Crippen LogP contribution in [-0.4, -0.2) is 35.4 Å². The first kappa shape index (κ1) is 23.6. The summed E-state index contributed by atoms with van der Waals surface area (Å²) in [6.45, 7) is 2.92. The Kier molecular flexibility index (Phi) is 6.68. The van der Waals surface area contributed by atoms with Crippen LogP contribution in [0.5, 0.6) is 0 Å². The van der Waals surface area contributed by atoms with Gasteiger partial charge >= 0.3 is 6.18 Å². The van der Waals surface area contributed by atoms with Gasteiger partial charge in [-0.3, -0.25) is 4.79 Å². The summed E-state index contributed by atoms with van der Waals surface area (Å²) in [4.78, 5) is 16.0. The Bertz CT molecular complexity index is 1130. The van der Waals surface area contributed by atoms with Crippen LogP contribution in [0.15, 0.2) is 54.6 Å². The van der Waals surface area contributed by atoms with Gasteiger partial charge in [0.2, 0.25) is 0 Å². The van der Waals surface area contributed by atoms with Crippen molar-refractivity contribution in [2.45, 2.75) is 32.5 Å². The van der Waals surface area contributed by atoms with Crippen molar-refractivity contribution in [3.05, 3.63) is 82.1 Å². The van der Waals surface area contributed by atoms with Crippen molar-refractivity contribution in [1.82, 2.24) is 9.47 Å². The van der Waals surface area contributed by atoms with E-state index in [-0.39, 0.29) is 29.5 Å². The van der Waals surface area contributed by atoms with Crippen molar-refractivity contribution in [3.63, 3.8) is 0 Å². The van der Waals surface area contributed by atoms with E-state index in [2.05, 4.69) is 4.90 Å². The van der Waals surface area contributed by atoms with Crippen LogP contribution in [-0.2, 0) is 12.7 Å². The molecule has 33 heavy (non-hydrogen) atoms. The average molecular weight is 475 g/mol. The molecule has 0 atom stereocenters. The van der Waals surface area contributed by atoms with Crippen molar-refractivity contribution < 1.29 is 18.0 Å². The van der Waals surface area contributed by atoms with Crippen LogP contribution >= 0.6 is 11.6 Å². The Morgan fingerprint density at radius 1 is 1.03 bits per heavy atom. The zero-order valence-corrected chi connectivity index (χ0v) is 19.4. The summed E-state index contributed by atoms with van der Waals surface area (Å²) < 4.78 is 44.3. The Morgan fingerprint density at radius 2 is 1.64 bits per heavy atom. The maximum absolute atomic E-state index is 14.4. The first-order valence-corrected chi connectivity index (χ1v) is 11.4. The number of benzene rings is 2. The van der Waals surface area contributed by atoms with Crippen LogP contribution in [0.25, 0.3) is 11.1 Å². The van der Waals surface area contributed by atoms with E-state index in [4.69, 9.17) is 11.6 Å². The highest BCUT2D eigenvalue weighted by molar-refractivity contribution is 6.30. The lowest BCUT2D eigenvalue weighted by Crippen LogP contribution is -2.34. The quantitative estimate of drug-likeness (QED) is 0.384. The minimum atomic E-state index is -4.61. The third kappa shape index (κ3) is 4.87. The fourth-order valence-corrected chi connectivity index (χ4v) is 4.85. The highest BCUT2D eigenvalue weighted by atomic mass is 35.5. The molecule has 0 saturated carbocycles. The van der Waals surface area contributed by atoms with E-state index >= 15 is 0 Å². The lowest BCUT2D eigenvalue weighted by Gasteiger charge is -2.28. The van der Waals surface area contributed by atoms with Gasteiger partial charge in [0.1, 0.15) is 5.69 Å². The van der Waals surface area contributed by atoms with Crippen LogP contribution < -0.4 is 0 Å². The number of ketones is 1. The molecule has 0 spiro atoms. The number of Topliss-reactive ketones (excluding diaryl/α,β-unsaturated/α-hetero) is 1. The second kappa shape index (κ2) is 9.35. The van der Waals surface area contributed by atoms with Crippen molar-refractivity contribution in [1.29, 1.82) is 0 Å². The molecule has 0 amide bonds. The Morgan fingerprint density at radius 3 is 2.21 bits per heavy atom. The molecule has 3 nitrogen and oxygen atoms in total. The van der Waals surface area contributed by atoms with Gasteiger partial charge in [-0.1, -0.05) is 54.1 Å². The van der Waals surface area contributed by atoms with Crippen LogP contribution in [0.3, 0.4) is 0 Å². The lowest BCUT2D eigenvalue weighted by atomic mass is 9.88. The van der Waals surface area contributed by atoms with Crippen LogP contribution in [0.2, 0.25) is 5.02 Å². The number of halogens is 4. The van der Waals surface area contributed by atoms with Crippen molar-refractivity contribution >= 4 is 17.4 Å². The summed E-state index contributed by atoms with van der Waals surface area (Å²) in [5.41, 5.74) is 1.05. The third-order valence-electron chi connectivity index (χ3n) is 6.41. The summed E-state index contributed by atoms with van der Waals surface area (Å²) in [6.07, 6.45) is -3.34. The molecule has 7 heteroatoms. The van der Waals surface area contributed by atoms with Gasteiger partial charge in [-0.15, -0.1) is 0 Å². The fraction of sp³-hybridized carbons (Fsp3) is 0.346. The van der Waals surface area contributed by atoms with Crippen molar-refractivity contribution in [2.75, 3.05) is 20.1 Å². The predicted octanol–water partition coefficient (Wildman–Crippen LogP) is 6.71. The molecule has 1 saturated heterocycles. The number of hydrogen-bond donors (Lipinski definition) is 0. The van der Waals surface area contributed by atoms with E-state index in [0.29, 0.717) is 34.6 Å². The average Bonchev–Trinajstić information content (AvgIpc) is 3.07. The third-order valence-corrected chi connectivity index (χ3v) is 6.67. The SMILES string of the molecule is Cc1c(-c2ccc(Cl)cc2)c(C(=O)C2CCN(C)CC2)n(Cc2ccccc2)c1C(F)(F)F. The molecule has 3 aromatic rings. The number of piperidine rings is 1. The standard InChI is InChI=1S/C26H26ClF3N2O/c1-17-22(19-8-10-21(27)11-9-19)23(24(33)20-12-14-31(2)15-13-20)32(25(17)26(28,29)30)16-18-6-4-3-5-7-18/h3-11,20H,12-16H2,1-2H3. The van der Waals surface area contributed by atoms with Gasteiger partial charge in [0, 0.05) is 23.0 Å². The molecule has 2 aromatic carbocycles. The van der Waals surface area contributed by atoms with Gasteiger partial charge in [-0.2, -0.15) is 13.2 Å². The normalized spacial score (nSPS) is 15.7. The maximum Gasteiger partial charge on any atom is 0.431 e. The number of carbonyl (C=O) groups excluding carboxylic acids is 1. The van der Waals surface area contributed by atoms with Gasteiger partial charge < -0.3 is 9.47 Å². The number of hydrogen-bond acceptors (Lipinski definition) is 2. The molecule has 0 N–H and O–H groups in total. The fourth-order valence-electron chi connectivity index (χ4n) is 4.73. The molecular formula is C26H26ClF3N2O. The molecule has 2 heterocycles. The summed E-state index contributed by atoms with van der Waals surface area (Å²) in [5.74, 6) is -0.528. The number of carbonyl (C=O) groups is 1. The molecule has 1 aliphatic heterocycles. The largest absolute Gasteiger partial charge is 0.431 e. The molecule has 174 valence electrons. The first-order chi connectivity index (χ1) is 15.7. The second-order valence-electron chi connectivity index (χ2n) is 8.72. The maximum atomic E-state index is 14.4. The van der Waals surface area contributed by atoms with E-state index in [1.165, 1.54) is 11.5 Å². The van der Waals surface area contributed by atoms with Crippen LogP contribution in [0.4, 0.5) is 13.2 Å². The van der Waals surface area contributed by atoms with E-state index < -0.39 is 11.9 Å². The number of alkyl halides is 3. The number of aromatic nitrogens is 1. The van der Waals surface area contributed by atoms with E-state index in [1.54, 1.807) is 48.5 Å². The highest BCUT2D eigenvalue weighted by Crippen LogP contribution is 2.42. The zero-order chi connectivity index (χ0) is 23.8. The minimum absolute atomic E-state index is 0.0300. The monoisotopic (exact) mass is 474 g/mol. The number of rotatable bonds is 5. The van der Waals surface area contributed by atoms with Gasteiger partial charge in [0.15, 0.2) is 5.78 Å². The summed E-state index contributed by atoms with van der Waals surface area (Å²) in [5, 5.41) is 0.486. The van der Waals surface area contributed by atoms with Gasteiger partial charge in [-0.05, 0) is 68.7 Å². The second-order valence-corrected chi connectivity index (χ2v) is 9.15. The molecule has 0 radical (unpaired) electrons. The van der Waals surface area contributed by atoms with E-state index in [9.17, 15) is 18.0 Å².